The van der Waals surface area contributed by atoms with Gasteiger partial charge < -0.3 is 10.6 Å². The number of carbonyl (C=O) groups excluding carboxylic acids is 1. The first-order chi connectivity index (χ1) is 11.9. The summed E-state index contributed by atoms with van der Waals surface area (Å²) in [5, 5.41) is 0. The molecule has 1 fully saturated rings. The monoisotopic (exact) mass is 337 g/mol. The molecule has 3 rings (SSSR count). The molecule has 1 saturated heterocycles. The van der Waals surface area contributed by atoms with Gasteiger partial charge in [0.05, 0.1) is 11.3 Å². The minimum Gasteiger partial charge on any atom is -0.366 e. The van der Waals surface area contributed by atoms with Crippen molar-refractivity contribution in [2.45, 2.75) is 32.1 Å². The van der Waals surface area contributed by atoms with E-state index in [0.717, 1.165) is 5.56 Å². The number of aromatic nitrogens is 1. The van der Waals surface area contributed by atoms with Crippen LogP contribution in [0.3, 0.4) is 0 Å². The molecule has 0 spiro atoms. The van der Waals surface area contributed by atoms with Crippen molar-refractivity contribution < 1.29 is 4.79 Å². The Bertz CT molecular complexity index is 744. The van der Waals surface area contributed by atoms with Crippen LogP contribution in [0.1, 0.15) is 42.6 Å². The maximum absolute atomic E-state index is 11.6. The summed E-state index contributed by atoms with van der Waals surface area (Å²) in [5.41, 5.74) is 8.99. The summed E-state index contributed by atoms with van der Waals surface area (Å²) < 4.78 is 0. The van der Waals surface area contributed by atoms with E-state index in [2.05, 4.69) is 55.0 Å². The standard InChI is InChI=1S/C21H27N3O/c1-21(2,17-10-13-24(3)14-11-17)16-8-6-15(7-9-16)19-18(20(22)25)5-4-12-23-19/h4-9,12,17H,10-11,13-14H2,1-3H3,(H2,22,25). The SMILES string of the molecule is CN1CCC(C(C)(C)c2ccc(-c3ncccc3C(N)=O)cc2)CC1. The molecule has 1 aliphatic rings. The predicted molar refractivity (Wildman–Crippen MR) is 101 cm³/mol. The lowest BCUT2D eigenvalue weighted by Gasteiger charge is -2.40. The number of hydrogen-bond donors (Lipinski definition) is 1. The summed E-state index contributed by atoms with van der Waals surface area (Å²) >= 11 is 0. The average Bonchev–Trinajstić information content (AvgIpc) is 2.62. The second kappa shape index (κ2) is 6.96. The van der Waals surface area contributed by atoms with Crippen molar-refractivity contribution in [1.82, 2.24) is 9.88 Å². The lowest BCUT2D eigenvalue weighted by Crippen LogP contribution is -2.39. The van der Waals surface area contributed by atoms with Gasteiger partial charge in [0.25, 0.3) is 5.91 Å². The van der Waals surface area contributed by atoms with Crippen LogP contribution < -0.4 is 5.73 Å². The summed E-state index contributed by atoms with van der Waals surface area (Å²) in [5.74, 6) is 0.240. The zero-order chi connectivity index (χ0) is 18.0. The molecule has 2 N–H and O–H groups in total. The Morgan fingerprint density at radius 2 is 1.80 bits per heavy atom. The van der Waals surface area contributed by atoms with E-state index < -0.39 is 5.91 Å². The molecule has 132 valence electrons. The van der Waals surface area contributed by atoms with E-state index in [1.165, 1.54) is 31.5 Å². The fourth-order valence-corrected chi connectivity index (χ4v) is 3.86. The number of nitrogens with zero attached hydrogens (tertiary/aromatic N) is 2. The summed E-state index contributed by atoms with van der Waals surface area (Å²) in [7, 11) is 2.20. The molecule has 4 heteroatoms. The number of nitrogens with two attached hydrogens (primary N) is 1. The van der Waals surface area contributed by atoms with Gasteiger partial charge in [-0.25, -0.2) is 0 Å². The van der Waals surface area contributed by atoms with Gasteiger partial charge in [-0.05, 0) is 62.0 Å². The number of piperidine rings is 1. The number of carbonyl (C=O) groups is 1. The molecule has 0 saturated carbocycles. The quantitative estimate of drug-likeness (QED) is 0.929. The highest BCUT2D eigenvalue weighted by Crippen LogP contribution is 2.38. The Morgan fingerprint density at radius 1 is 1.16 bits per heavy atom. The predicted octanol–water partition coefficient (Wildman–Crippen LogP) is 3.47. The lowest BCUT2D eigenvalue weighted by molar-refractivity contribution is 0.100. The van der Waals surface area contributed by atoms with Crippen LogP contribution in [0, 0.1) is 5.92 Å². The van der Waals surface area contributed by atoms with Crippen LogP contribution in [-0.4, -0.2) is 35.9 Å². The van der Waals surface area contributed by atoms with Crippen molar-refractivity contribution in [3.8, 4) is 11.3 Å². The van der Waals surface area contributed by atoms with Gasteiger partial charge in [0.1, 0.15) is 0 Å². The second-order valence-corrected chi connectivity index (χ2v) is 7.64. The summed E-state index contributed by atoms with van der Waals surface area (Å²) in [6.07, 6.45) is 4.16. The second-order valence-electron chi connectivity index (χ2n) is 7.64. The Hall–Kier alpha value is -2.20. The molecule has 0 atom stereocenters. The number of primary amides is 1. The lowest BCUT2D eigenvalue weighted by atomic mass is 9.69. The van der Waals surface area contributed by atoms with Crippen molar-refractivity contribution in [3.63, 3.8) is 0 Å². The first-order valence-corrected chi connectivity index (χ1v) is 8.94. The van der Waals surface area contributed by atoms with Crippen LogP contribution in [0.5, 0.6) is 0 Å². The number of hydrogen-bond acceptors (Lipinski definition) is 3. The smallest absolute Gasteiger partial charge is 0.250 e. The Balaban J connectivity index is 1.86. The minimum atomic E-state index is -0.446. The Labute approximate surface area is 150 Å². The molecule has 0 bridgehead atoms. The van der Waals surface area contributed by atoms with Gasteiger partial charge in [-0.1, -0.05) is 38.1 Å². The number of amides is 1. The van der Waals surface area contributed by atoms with Gasteiger partial charge >= 0.3 is 0 Å². The van der Waals surface area contributed by atoms with E-state index in [1.54, 1.807) is 18.3 Å². The van der Waals surface area contributed by atoms with Crippen LogP contribution in [0.25, 0.3) is 11.3 Å². The van der Waals surface area contributed by atoms with Crippen LogP contribution in [0.2, 0.25) is 0 Å². The highest BCUT2D eigenvalue weighted by Gasteiger charge is 2.33. The molecular formula is C21H27N3O. The summed E-state index contributed by atoms with van der Waals surface area (Å²) in [6, 6.07) is 11.9. The summed E-state index contributed by atoms with van der Waals surface area (Å²) in [6.45, 7) is 7.02. The van der Waals surface area contributed by atoms with E-state index in [9.17, 15) is 4.79 Å². The zero-order valence-corrected chi connectivity index (χ0v) is 15.3. The van der Waals surface area contributed by atoms with E-state index in [0.29, 0.717) is 17.2 Å². The molecule has 1 aromatic heterocycles. The molecule has 1 aliphatic heterocycles. The van der Waals surface area contributed by atoms with Crippen molar-refractivity contribution in [1.29, 1.82) is 0 Å². The third-order valence-electron chi connectivity index (χ3n) is 5.71. The van der Waals surface area contributed by atoms with Crippen LogP contribution in [0.15, 0.2) is 42.6 Å². The molecule has 2 aromatic rings. The van der Waals surface area contributed by atoms with Gasteiger partial charge in [-0.2, -0.15) is 0 Å². The maximum atomic E-state index is 11.6. The normalized spacial score (nSPS) is 16.8. The van der Waals surface area contributed by atoms with Crippen LogP contribution in [-0.2, 0) is 5.41 Å². The van der Waals surface area contributed by atoms with Crippen molar-refractivity contribution in [2.75, 3.05) is 20.1 Å². The third kappa shape index (κ3) is 3.59. The van der Waals surface area contributed by atoms with Gasteiger partial charge in [0, 0.05) is 11.8 Å². The fraction of sp³-hybridized carbons (Fsp3) is 0.429. The van der Waals surface area contributed by atoms with Gasteiger partial charge in [0.15, 0.2) is 0 Å². The number of pyridine rings is 1. The molecule has 1 amide bonds. The van der Waals surface area contributed by atoms with Crippen LogP contribution in [0.4, 0.5) is 0 Å². The van der Waals surface area contributed by atoms with E-state index in [1.807, 2.05) is 0 Å². The largest absolute Gasteiger partial charge is 0.366 e. The first kappa shape index (κ1) is 17.6. The maximum Gasteiger partial charge on any atom is 0.250 e. The van der Waals surface area contributed by atoms with Gasteiger partial charge in [-0.15, -0.1) is 0 Å². The number of benzene rings is 1. The van der Waals surface area contributed by atoms with Gasteiger partial charge in [0.2, 0.25) is 0 Å². The minimum absolute atomic E-state index is 0.135. The molecule has 2 heterocycles. The fourth-order valence-electron chi connectivity index (χ4n) is 3.86. The molecular weight excluding hydrogens is 310 g/mol. The number of likely N-dealkylation sites (tertiary alicyclic amines) is 1. The molecule has 0 radical (unpaired) electrons. The molecule has 1 aromatic carbocycles. The topological polar surface area (TPSA) is 59.2 Å². The zero-order valence-electron chi connectivity index (χ0n) is 15.3. The first-order valence-electron chi connectivity index (χ1n) is 8.94. The van der Waals surface area contributed by atoms with Gasteiger partial charge in [-0.3, -0.25) is 9.78 Å². The third-order valence-corrected chi connectivity index (χ3v) is 5.71. The van der Waals surface area contributed by atoms with Crippen molar-refractivity contribution >= 4 is 5.91 Å². The molecule has 0 unspecified atom stereocenters. The van der Waals surface area contributed by atoms with Crippen LogP contribution >= 0.6 is 0 Å². The highest BCUT2D eigenvalue weighted by molar-refractivity contribution is 5.98. The van der Waals surface area contributed by atoms with Crippen molar-refractivity contribution in [3.05, 3.63) is 53.7 Å². The van der Waals surface area contributed by atoms with E-state index >= 15 is 0 Å². The highest BCUT2D eigenvalue weighted by atomic mass is 16.1. The van der Waals surface area contributed by atoms with E-state index in [-0.39, 0.29) is 5.41 Å². The Morgan fingerprint density at radius 3 is 2.40 bits per heavy atom. The molecule has 0 aliphatic carbocycles. The average molecular weight is 337 g/mol. The molecule has 25 heavy (non-hydrogen) atoms. The molecule has 4 nitrogen and oxygen atoms in total. The van der Waals surface area contributed by atoms with E-state index in [4.69, 9.17) is 5.73 Å². The Kier molecular flexibility index (Phi) is 4.91. The summed E-state index contributed by atoms with van der Waals surface area (Å²) in [4.78, 5) is 18.4. The van der Waals surface area contributed by atoms with Crippen molar-refractivity contribution in [2.24, 2.45) is 11.7 Å². The number of rotatable bonds is 4.